The highest BCUT2D eigenvalue weighted by Gasteiger charge is 2.23. The number of nitriles is 1. The zero-order valence-electron chi connectivity index (χ0n) is 7.14. The fourth-order valence-electron chi connectivity index (χ4n) is 0.536. The van der Waals surface area contributed by atoms with Crippen LogP contribution in [-0.2, 0) is 10.0 Å². The summed E-state index contributed by atoms with van der Waals surface area (Å²) in [5, 5.41) is 24.3. The van der Waals surface area contributed by atoms with Crippen molar-refractivity contribution in [2.24, 2.45) is 0 Å². The van der Waals surface area contributed by atoms with Gasteiger partial charge in [-0.3, -0.25) is 0 Å². The molecule has 1 atom stereocenters. The molecule has 0 radical (unpaired) electrons. The van der Waals surface area contributed by atoms with Crippen molar-refractivity contribution in [3.63, 3.8) is 0 Å². The lowest BCUT2D eigenvalue weighted by atomic mass is 10.4. The Hall–Kier alpha value is -0.680. The van der Waals surface area contributed by atoms with Crippen molar-refractivity contribution in [3.05, 3.63) is 0 Å². The topological polar surface area (TPSA) is 110 Å². The zero-order valence-corrected chi connectivity index (χ0v) is 7.95. The van der Waals surface area contributed by atoms with E-state index < -0.39 is 34.5 Å². The van der Waals surface area contributed by atoms with Gasteiger partial charge >= 0.3 is 0 Å². The number of sulfonamides is 1. The Bertz CT molecular complexity index is 277. The maximum Gasteiger partial charge on any atom is 0.228 e. The first kappa shape index (κ1) is 12.3. The number of nitrogens with one attached hydrogen (secondary N) is 1. The highest BCUT2D eigenvalue weighted by molar-refractivity contribution is 7.90. The fraction of sp³-hybridized carbons (Fsp3) is 0.833. The van der Waals surface area contributed by atoms with E-state index in [1.807, 2.05) is 4.72 Å². The molecule has 0 aliphatic carbocycles. The summed E-state index contributed by atoms with van der Waals surface area (Å²) in [6, 6.07) is 0.601. The Kier molecular flexibility index (Phi) is 4.87. The molecule has 0 aromatic heterocycles. The van der Waals surface area contributed by atoms with E-state index in [2.05, 4.69) is 0 Å². The van der Waals surface area contributed by atoms with Crippen molar-refractivity contribution >= 4 is 10.0 Å². The molecule has 0 aliphatic rings. The molecule has 0 fully saturated rings. The van der Waals surface area contributed by atoms with Crippen LogP contribution in [0.2, 0.25) is 0 Å². The summed E-state index contributed by atoms with van der Waals surface area (Å²) in [5.41, 5.74) is 0. The van der Waals surface area contributed by atoms with Gasteiger partial charge in [0.25, 0.3) is 0 Å². The molecule has 0 amide bonds. The van der Waals surface area contributed by atoms with Crippen molar-refractivity contribution in [2.75, 3.05) is 13.2 Å². The van der Waals surface area contributed by atoms with Crippen LogP contribution in [0.25, 0.3) is 0 Å². The standard InChI is InChI=1S/C6H12N2O4S/c1-5(2-7)13(11,12)8-6(3-9)4-10/h5-6,8-10H,3-4H2,1H3. The van der Waals surface area contributed by atoms with Gasteiger partial charge < -0.3 is 10.2 Å². The number of rotatable bonds is 5. The molecule has 0 aromatic rings. The summed E-state index contributed by atoms with van der Waals surface area (Å²) in [4.78, 5) is 0. The SMILES string of the molecule is CC(C#N)S(=O)(=O)NC(CO)CO. The quantitative estimate of drug-likeness (QED) is 0.492. The van der Waals surface area contributed by atoms with Crippen molar-refractivity contribution in [3.8, 4) is 6.07 Å². The highest BCUT2D eigenvalue weighted by Crippen LogP contribution is 1.97. The maximum absolute atomic E-state index is 11.1. The predicted octanol–water partition coefficient (Wildman–Crippen LogP) is -1.83. The van der Waals surface area contributed by atoms with Gasteiger partial charge in [-0.05, 0) is 6.92 Å². The molecule has 0 saturated heterocycles. The normalized spacial score (nSPS) is 14.1. The third-order valence-electron chi connectivity index (χ3n) is 1.42. The van der Waals surface area contributed by atoms with Crippen LogP contribution in [0.5, 0.6) is 0 Å². The van der Waals surface area contributed by atoms with Crippen LogP contribution in [0.3, 0.4) is 0 Å². The first-order chi connectivity index (χ1) is 5.97. The highest BCUT2D eigenvalue weighted by atomic mass is 32.2. The molecule has 0 rings (SSSR count). The Morgan fingerprint density at radius 3 is 2.23 bits per heavy atom. The molecule has 0 saturated carbocycles. The van der Waals surface area contributed by atoms with Crippen LogP contribution in [0.4, 0.5) is 0 Å². The second-order valence-electron chi connectivity index (χ2n) is 2.50. The van der Waals surface area contributed by atoms with Crippen LogP contribution in [0.15, 0.2) is 0 Å². The lowest BCUT2D eigenvalue weighted by molar-refractivity contribution is 0.185. The minimum Gasteiger partial charge on any atom is -0.395 e. The van der Waals surface area contributed by atoms with Crippen molar-refractivity contribution < 1.29 is 18.6 Å². The van der Waals surface area contributed by atoms with E-state index >= 15 is 0 Å². The Balaban J connectivity index is 4.43. The van der Waals surface area contributed by atoms with Gasteiger partial charge in [-0.15, -0.1) is 0 Å². The predicted molar refractivity (Wildman–Crippen MR) is 45.1 cm³/mol. The molecule has 3 N–H and O–H groups in total. The summed E-state index contributed by atoms with van der Waals surface area (Å²) in [6.07, 6.45) is 0. The van der Waals surface area contributed by atoms with Gasteiger partial charge in [0.05, 0.1) is 25.3 Å². The van der Waals surface area contributed by atoms with Gasteiger partial charge in [-0.1, -0.05) is 0 Å². The average Bonchev–Trinajstić information content (AvgIpc) is 2.12. The molecule has 1 unspecified atom stereocenters. The van der Waals surface area contributed by atoms with Crippen molar-refractivity contribution in [2.45, 2.75) is 18.2 Å². The molecule has 13 heavy (non-hydrogen) atoms. The first-order valence-electron chi connectivity index (χ1n) is 3.60. The molecule has 0 spiro atoms. The van der Waals surface area contributed by atoms with Gasteiger partial charge in [0.2, 0.25) is 10.0 Å². The largest absolute Gasteiger partial charge is 0.395 e. The number of aliphatic hydroxyl groups excluding tert-OH is 2. The molecule has 0 aliphatic heterocycles. The second kappa shape index (κ2) is 5.14. The summed E-state index contributed by atoms with van der Waals surface area (Å²) in [6.45, 7) is 0.204. The van der Waals surface area contributed by atoms with Crippen LogP contribution in [0, 0.1) is 11.3 Å². The summed E-state index contributed by atoms with van der Waals surface area (Å²) < 4.78 is 24.3. The fourth-order valence-corrected chi connectivity index (χ4v) is 1.49. The number of aliphatic hydroxyl groups is 2. The lowest BCUT2D eigenvalue weighted by Crippen LogP contribution is -2.43. The van der Waals surface area contributed by atoms with E-state index in [1.54, 1.807) is 6.07 Å². The molecule has 0 aromatic carbocycles. The molecular formula is C6H12N2O4S. The molecular weight excluding hydrogens is 196 g/mol. The van der Waals surface area contributed by atoms with Gasteiger partial charge in [0, 0.05) is 0 Å². The Morgan fingerprint density at radius 2 is 1.92 bits per heavy atom. The average molecular weight is 208 g/mol. The van der Waals surface area contributed by atoms with Gasteiger partial charge in [-0.2, -0.15) is 5.26 Å². The van der Waals surface area contributed by atoms with Gasteiger partial charge in [-0.25, -0.2) is 13.1 Å². The van der Waals surface area contributed by atoms with E-state index in [9.17, 15) is 8.42 Å². The van der Waals surface area contributed by atoms with E-state index in [-0.39, 0.29) is 0 Å². The smallest absolute Gasteiger partial charge is 0.228 e. The van der Waals surface area contributed by atoms with Crippen LogP contribution >= 0.6 is 0 Å². The monoisotopic (exact) mass is 208 g/mol. The van der Waals surface area contributed by atoms with Crippen LogP contribution < -0.4 is 4.72 Å². The molecule has 0 bridgehead atoms. The molecule has 0 heterocycles. The van der Waals surface area contributed by atoms with Gasteiger partial charge in [0.1, 0.15) is 0 Å². The van der Waals surface area contributed by atoms with Crippen molar-refractivity contribution in [1.82, 2.24) is 4.72 Å². The molecule has 6 nitrogen and oxygen atoms in total. The Morgan fingerprint density at radius 1 is 1.46 bits per heavy atom. The van der Waals surface area contributed by atoms with Crippen LogP contribution in [-0.4, -0.2) is 43.1 Å². The third-order valence-corrected chi connectivity index (χ3v) is 3.12. The van der Waals surface area contributed by atoms with E-state index in [0.717, 1.165) is 0 Å². The van der Waals surface area contributed by atoms with Gasteiger partial charge in [0.15, 0.2) is 5.25 Å². The van der Waals surface area contributed by atoms with Crippen LogP contribution in [0.1, 0.15) is 6.92 Å². The van der Waals surface area contributed by atoms with Crippen molar-refractivity contribution in [1.29, 1.82) is 5.26 Å². The van der Waals surface area contributed by atoms with E-state index in [0.29, 0.717) is 0 Å². The minimum absolute atomic E-state index is 0.506. The summed E-state index contributed by atoms with van der Waals surface area (Å²) in [7, 11) is -3.76. The minimum atomic E-state index is -3.76. The maximum atomic E-state index is 11.1. The molecule has 7 heteroatoms. The summed E-state index contributed by atoms with van der Waals surface area (Å²) in [5.74, 6) is 0. The lowest BCUT2D eigenvalue weighted by Gasteiger charge is -2.14. The third kappa shape index (κ3) is 3.69. The van der Waals surface area contributed by atoms with E-state index in [1.165, 1.54) is 6.92 Å². The Labute approximate surface area is 76.9 Å². The number of nitrogens with zero attached hydrogens (tertiary/aromatic N) is 1. The zero-order chi connectivity index (χ0) is 10.5. The first-order valence-corrected chi connectivity index (χ1v) is 5.15. The number of hydrogen-bond donors (Lipinski definition) is 3. The molecule has 76 valence electrons. The number of hydrogen-bond acceptors (Lipinski definition) is 5. The second-order valence-corrected chi connectivity index (χ2v) is 4.53. The summed E-state index contributed by atoms with van der Waals surface area (Å²) >= 11 is 0. The van der Waals surface area contributed by atoms with E-state index in [4.69, 9.17) is 15.5 Å².